The Morgan fingerprint density at radius 3 is 2.79 bits per heavy atom. The lowest BCUT2D eigenvalue weighted by Gasteiger charge is -2.02. The van der Waals surface area contributed by atoms with Gasteiger partial charge in [0.1, 0.15) is 18.2 Å². The molecule has 7 heteroatoms. The molecule has 0 atom stereocenters. The first-order valence-corrected chi connectivity index (χ1v) is 5.66. The number of rotatable bonds is 5. The van der Waals surface area contributed by atoms with E-state index in [2.05, 4.69) is 15.2 Å². The Hall–Kier alpha value is -2.44. The van der Waals surface area contributed by atoms with Gasteiger partial charge in [-0.05, 0) is 31.2 Å². The molecule has 0 unspecified atom stereocenters. The standard InChI is InChI=1S/C12H12FN3O3/c1-2-18-12(17)11-14-10(15-16-11)7-19-9-5-3-8(13)4-6-9/h3-6H,2,7H2,1H3,(H,14,15,16). The molecule has 1 aromatic heterocycles. The fourth-order valence-corrected chi connectivity index (χ4v) is 1.33. The molecule has 19 heavy (non-hydrogen) atoms. The van der Waals surface area contributed by atoms with E-state index >= 15 is 0 Å². The van der Waals surface area contributed by atoms with Crippen molar-refractivity contribution in [3.05, 3.63) is 41.7 Å². The molecule has 1 heterocycles. The van der Waals surface area contributed by atoms with E-state index in [9.17, 15) is 9.18 Å². The molecule has 0 fully saturated rings. The van der Waals surface area contributed by atoms with Crippen molar-refractivity contribution in [1.82, 2.24) is 15.2 Å². The summed E-state index contributed by atoms with van der Waals surface area (Å²) in [7, 11) is 0. The minimum Gasteiger partial charge on any atom is -0.486 e. The second kappa shape index (κ2) is 5.94. The summed E-state index contributed by atoms with van der Waals surface area (Å²) in [5, 5.41) is 6.28. The van der Waals surface area contributed by atoms with Crippen LogP contribution >= 0.6 is 0 Å². The maximum Gasteiger partial charge on any atom is 0.378 e. The van der Waals surface area contributed by atoms with Crippen LogP contribution in [0.5, 0.6) is 5.75 Å². The van der Waals surface area contributed by atoms with Crippen molar-refractivity contribution in [3.8, 4) is 5.75 Å². The summed E-state index contributed by atoms with van der Waals surface area (Å²) >= 11 is 0. The number of halogens is 1. The summed E-state index contributed by atoms with van der Waals surface area (Å²) in [6, 6.07) is 5.58. The third kappa shape index (κ3) is 3.51. The first kappa shape index (κ1) is 13.0. The monoisotopic (exact) mass is 265 g/mol. The van der Waals surface area contributed by atoms with Gasteiger partial charge in [0.2, 0.25) is 0 Å². The van der Waals surface area contributed by atoms with E-state index in [-0.39, 0.29) is 24.9 Å². The number of hydrogen-bond donors (Lipinski definition) is 1. The van der Waals surface area contributed by atoms with Gasteiger partial charge < -0.3 is 9.47 Å². The molecule has 0 aliphatic carbocycles. The quantitative estimate of drug-likeness (QED) is 0.832. The van der Waals surface area contributed by atoms with E-state index in [1.165, 1.54) is 24.3 Å². The molecule has 0 saturated carbocycles. The van der Waals surface area contributed by atoms with Crippen molar-refractivity contribution in [2.45, 2.75) is 13.5 Å². The summed E-state index contributed by atoms with van der Waals surface area (Å²) in [4.78, 5) is 15.2. The number of nitrogens with zero attached hydrogens (tertiary/aromatic N) is 2. The highest BCUT2D eigenvalue weighted by atomic mass is 19.1. The number of hydrogen-bond acceptors (Lipinski definition) is 5. The Kier molecular flexibility index (Phi) is 4.07. The molecule has 0 bridgehead atoms. The minimum atomic E-state index is -0.591. The number of esters is 1. The smallest absolute Gasteiger partial charge is 0.378 e. The van der Waals surface area contributed by atoms with Crippen LogP contribution in [0.4, 0.5) is 4.39 Å². The van der Waals surface area contributed by atoms with E-state index < -0.39 is 5.97 Å². The summed E-state index contributed by atoms with van der Waals surface area (Å²) < 4.78 is 22.8. The molecule has 2 rings (SSSR count). The van der Waals surface area contributed by atoms with Crippen molar-refractivity contribution < 1.29 is 18.7 Å². The molecule has 0 spiro atoms. The van der Waals surface area contributed by atoms with Crippen LogP contribution in [0.2, 0.25) is 0 Å². The highest BCUT2D eigenvalue weighted by Crippen LogP contribution is 2.12. The minimum absolute atomic E-state index is 0.0421. The van der Waals surface area contributed by atoms with Gasteiger partial charge in [-0.1, -0.05) is 0 Å². The third-order valence-corrected chi connectivity index (χ3v) is 2.18. The van der Waals surface area contributed by atoms with Gasteiger partial charge in [0.05, 0.1) is 6.61 Å². The molecule has 1 N–H and O–H groups in total. The Balaban J connectivity index is 1.93. The van der Waals surface area contributed by atoms with Crippen molar-refractivity contribution in [3.63, 3.8) is 0 Å². The van der Waals surface area contributed by atoms with Crippen LogP contribution in [0.1, 0.15) is 23.4 Å². The van der Waals surface area contributed by atoms with E-state index in [4.69, 9.17) is 9.47 Å². The first-order chi connectivity index (χ1) is 9.19. The van der Waals surface area contributed by atoms with E-state index in [0.717, 1.165) is 0 Å². The van der Waals surface area contributed by atoms with E-state index in [1.54, 1.807) is 6.92 Å². The predicted molar refractivity (Wildman–Crippen MR) is 63.1 cm³/mol. The number of benzene rings is 1. The number of H-pyrrole nitrogens is 1. The third-order valence-electron chi connectivity index (χ3n) is 2.18. The predicted octanol–water partition coefficient (Wildman–Crippen LogP) is 1.70. The van der Waals surface area contributed by atoms with Crippen molar-refractivity contribution in [2.24, 2.45) is 0 Å². The molecule has 0 saturated heterocycles. The zero-order valence-electron chi connectivity index (χ0n) is 10.2. The second-order valence-electron chi connectivity index (χ2n) is 3.57. The van der Waals surface area contributed by atoms with Gasteiger partial charge in [-0.15, -0.1) is 5.10 Å². The Bertz CT molecular complexity index is 554. The van der Waals surface area contributed by atoms with Crippen LogP contribution in [0.15, 0.2) is 24.3 Å². The summed E-state index contributed by atoms with van der Waals surface area (Å²) in [6.45, 7) is 2.05. The van der Waals surface area contributed by atoms with Crippen LogP contribution in [-0.4, -0.2) is 27.8 Å². The average Bonchev–Trinajstić information content (AvgIpc) is 2.87. The van der Waals surface area contributed by atoms with Crippen LogP contribution < -0.4 is 4.74 Å². The molecule has 100 valence electrons. The molecule has 0 aliphatic heterocycles. The Morgan fingerprint density at radius 2 is 2.11 bits per heavy atom. The molecule has 0 radical (unpaired) electrons. The lowest BCUT2D eigenvalue weighted by molar-refractivity contribution is 0.0512. The summed E-state index contributed by atoms with van der Waals surface area (Å²) in [5.41, 5.74) is 0. The van der Waals surface area contributed by atoms with Gasteiger partial charge in [-0.2, -0.15) is 0 Å². The molecular formula is C12H12FN3O3. The Labute approximate surface area is 108 Å². The van der Waals surface area contributed by atoms with Crippen molar-refractivity contribution in [2.75, 3.05) is 6.61 Å². The number of carbonyl (C=O) groups is 1. The van der Waals surface area contributed by atoms with Gasteiger partial charge in [0.25, 0.3) is 5.82 Å². The lowest BCUT2D eigenvalue weighted by Crippen LogP contribution is -2.07. The number of carbonyl (C=O) groups excluding carboxylic acids is 1. The lowest BCUT2D eigenvalue weighted by atomic mass is 10.3. The zero-order valence-corrected chi connectivity index (χ0v) is 10.2. The van der Waals surface area contributed by atoms with Gasteiger partial charge in [0, 0.05) is 0 Å². The van der Waals surface area contributed by atoms with Gasteiger partial charge in [-0.25, -0.2) is 14.2 Å². The molecule has 1 aromatic carbocycles. The van der Waals surface area contributed by atoms with Gasteiger partial charge in [-0.3, -0.25) is 5.10 Å². The largest absolute Gasteiger partial charge is 0.486 e. The van der Waals surface area contributed by atoms with Gasteiger partial charge >= 0.3 is 5.97 Å². The maximum atomic E-state index is 12.7. The van der Waals surface area contributed by atoms with Crippen LogP contribution in [0, 0.1) is 5.82 Å². The summed E-state index contributed by atoms with van der Waals surface area (Å²) in [6.07, 6.45) is 0. The maximum absolute atomic E-state index is 12.7. The number of nitrogens with one attached hydrogen (secondary N) is 1. The summed E-state index contributed by atoms with van der Waals surface area (Å²) in [5.74, 6) is -0.0918. The fourth-order valence-electron chi connectivity index (χ4n) is 1.33. The number of aromatic nitrogens is 3. The van der Waals surface area contributed by atoms with Crippen LogP contribution in [0.3, 0.4) is 0 Å². The zero-order chi connectivity index (χ0) is 13.7. The normalized spacial score (nSPS) is 10.2. The Morgan fingerprint density at radius 1 is 1.37 bits per heavy atom. The fraction of sp³-hybridized carbons (Fsp3) is 0.250. The van der Waals surface area contributed by atoms with E-state index in [0.29, 0.717) is 11.6 Å². The topological polar surface area (TPSA) is 77.1 Å². The van der Waals surface area contributed by atoms with Crippen LogP contribution in [0.25, 0.3) is 0 Å². The second-order valence-corrected chi connectivity index (χ2v) is 3.57. The highest BCUT2D eigenvalue weighted by Gasteiger charge is 2.13. The first-order valence-electron chi connectivity index (χ1n) is 5.66. The van der Waals surface area contributed by atoms with Crippen molar-refractivity contribution >= 4 is 5.97 Å². The van der Waals surface area contributed by atoms with Crippen molar-refractivity contribution in [1.29, 1.82) is 0 Å². The molecule has 0 amide bonds. The SMILES string of the molecule is CCOC(=O)c1n[nH]c(COc2ccc(F)cc2)n1. The number of aromatic amines is 1. The highest BCUT2D eigenvalue weighted by molar-refractivity contribution is 5.84. The molecule has 6 nitrogen and oxygen atoms in total. The molecule has 2 aromatic rings. The van der Waals surface area contributed by atoms with Crippen LogP contribution in [-0.2, 0) is 11.3 Å². The average molecular weight is 265 g/mol. The molecule has 0 aliphatic rings. The molecular weight excluding hydrogens is 253 g/mol. The van der Waals surface area contributed by atoms with Gasteiger partial charge in [0.15, 0.2) is 5.82 Å². The van der Waals surface area contributed by atoms with E-state index in [1.807, 2.05) is 0 Å². The number of ether oxygens (including phenoxy) is 2.